The van der Waals surface area contributed by atoms with Crippen LogP contribution in [0.3, 0.4) is 0 Å². The molecule has 19 heavy (non-hydrogen) atoms. The maximum atomic E-state index is 12.3. The Morgan fingerprint density at radius 3 is 2.79 bits per heavy atom. The van der Waals surface area contributed by atoms with E-state index >= 15 is 0 Å². The molecule has 0 aliphatic heterocycles. The van der Waals surface area contributed by atoms with Gasteiger partial charge in [-0.2, -0.15) is 0 Å². The average Bonchev–Trinajstić information content (AvgIpc) is 2.40. The zero-order chi connectivity index (χ0) is 13.7. The Kier molecular flexibility index (Phi) is 4.22. The fourth-order valence-electron chi connectivity index (χ4n) is 2.16. The molecule has 0 bridgehead atoms. The van der Waals surface area contributed by atoms with Crippen molar-refractivity contribution >= 4 is 5.91 Å². The van der Waals surface area contributed by atoms with Crippen molar-refractivity contribution in [1.29, 1.82) is 0 Å². The molecule has 2 rings (SSSR count). The van der Waals surface area contributed by atoms with Crippen molar-refractivity contribution in [2.24, 2.45) is 0 Å². The first-order chi connectivity index (χ1) is 9.21. The lowest BCUT2D eigenvalue weighted by Gasteiger charge is -2.41. The summed E-state index contributed by atoms with van der Waals surface area (Å²) in [5.74, 6) is 0.334. The Morgan fingerprint density at radius 1 is 1.47 bits per heavy atom. The van der Waals surface area contributed by atoms with Crippen LogP contribution in [0, 0.1) is 0 Å². The molecule has 1 aromatic rings. The van der Waals surface area contributed by atoms with Crippen molar-refractivity contribution in [3.8, 4) is 5.75 Å². The largest absolute Gasteiger partial charge is 0.489 e. The van der Waals surface area contributed by atoms with Crippen LogP contribution in [-0.4, -0.2) is 29.8 Å². The molecule has 1 fully saturated rings. The van der Waals surface area contributed by atoms with Crippen molar-refractivity contribution < 1.29 is 14.6 Å². The molecule has 2 N–H and O–H groups in total. The van der Waals surface area contributed by atoms with Gasteiger partial charge < -0.3 is 15.2 Å². The summed E-state index contributed by atoms with van der Waals surface area (Å²) >= 11 is 0. The van der Waals surface area contributed by atoms with E-state index in [-0.39, 0.29) is 12.5 Å². The second-order valence-electron chi connectivity index (χ2n) is 4.84. The van der Waals surface area contributed by atoms with Gasteiger partial charge in [0.1, 0.15) is 12.4 Å². The molecule has 4 nitrogen and oxygen atoms in total. The molecule has 0 spiro atoms. The predicted octanol–water partition coefficient (Wildman–Crippen LogP) is 1.90. The van der Waals surface area contributed by atoms with Gasteiger partial charge in [0.15, 0.2) is 0 Å². The SMILES string of the molecule is C=CCOc1ccccc1C(=O)NC1(CO)CCC1. The molecule has 1 aliphatic rings. The zero-order valence-electron chi connectivity index (χ0n) is 10.9. The summed E-state index contributed by atoms with van der Waals surface area (Å²) in [5.41, 5.74) is 0.0481. The van der Waals surface area contributed by atoms with E-state index in [1.165, 1.54) is 0 Å². The summed E-state index contributed by atoms with van der Waals surface area (Å²) in [7, 11) is 0. The number of rotatable bonds is 6. The molecule has 102 valence electrons. The van der Waals surface area contributed by atoms with Gasteiger partial charge in [0, 0.05) is 0 Å². The third-order valence-corrected chi connectivity index (χ3v) is 3.48. The zero-order valence-corrected chi connectivity index (χ0v) is 10.9. The first-order valence-corrected chi connectivity index (χ1v) is 6.47. The van der Waals surface area contributed by atoms with Gasteiger partial charge in [-0.05, 0) is 31.4 Å². The van der Waals surface area contributed by atoms with Gasteiger partial charge in [0.2, 0.25) is 0 Å². The summed E-state index contributed by atoms with van der Waals surface area (Å²) in [4.78, 5) is 12.3. The van der Waals surface area contributed by atoms with E-state index in [1.54, 1.807) is 24.3 Å². The van der Waals surface area contributed by atoms with E-state index in [0.29, 0.717) is 17.9 Å². The summed E-state index contributed by atoms with van der Waals surface area (Å²) < 4.78 is 5.47. The van der Waals surface area contributed by atoms with Crippen LogP contribution in [-0.2, 0) is 0 Å². The topological polar surface area (TPSA) is 58.6 Å². The molecular weight excluding hydrogens is 242 g/mol. The lowest BCUT2D eigenvalue weighted by Crippen LogP contribution is -2.56. The average molecular weight is 261 g/mol. The lowest BCUT2D eigenvalue weighted by molar-refractivity contribution is 0.0639. The van der Waals surface area contributed by atoms with Crippen LogP contribution in [0.25, 0.3) is 0 Å². The van der Waals surface area contributed by atoms with E-state index in [2.05, 4.69) is 11.9 Å². The van der Waals surface area contributed by atoms with E-state index in [0.717, 1.165) is 19.3 Å². The van der Waals surface area contributed by atoms with Gasteiger partial charge in [0.25, 0.3) is 5.91 Å². The van der Waals surface area contributed by atoms with Gasteiger partial charge in [0.05, 0.1) is 17.7 Å². The van der Waals surface area contributed by atoms with Crippen molar-refractivity contribution in [3.05, 3.63) is 42.5 Å². The van der Waals surface area contributed by atoms with Gasteiger partial charge >= 0.3 is 0 Å². The molecule has 1 amide bonds. The molecule has 0 heterocycles. The number of benzene rings is 1. The Morgan fingerprint density at radius 2 is 2.21 bits per heavy atom. The first kappa shape index (κ1) is 13.6. The number of para-hydroxylation sites is 1. The van der Waals surface area contributed by atoms with Crippen LogP contribution < -0.4 is 10.1 Å². The highest BCUT2D eigenvalue weighted by molar-refractivity contribution is 5.97. The molecule has 0 unspecified atom stereocenters. The molecule has 4 heteroatoms. The van der Waals surface area contributed by atoms with Crippen LogP contribution >= 0.6 is 0 Å². The highest BCUT2D eigenvalue weighted by Gasteiger charge is 2.38. The first-order valence-electron chi connectivity index (χ1n) is 6.47. The predicted molar refractivity (Wildman–Crippen MR) is 73.3 cm³/mol. The Hall–Kier alpha value is -1.81. The van der Waals surface area contributed by atoms with Crippen molar-refractivity contribution in [2.75, 3.05) is 13.2 Å². The minimum Gasteiger partial charge on any atom is -0.489 e. The number of carbonyl (C=O) groups excluding carboxylic acids is 1. The second kappa shape index (κ2) is 5.89. The molecule has 1 aliphatic carbocycles. The summed E-state index contributed by atoms with van der Waals surface area (Å²) in [6.45, 7) is 3.92. The van der Waals surface area contributed by atoms with E-state index in [4.69, 9.17) is 4.74 Å². The molecule has 0 atom stereocenters. The monoisotopic (exact) mass is 261 g/mol. The maximum absolute atomic E-state index is 12.3. The van der Waals surface area contributed by atoms with E-state index in [9.17, 15) is 9.90 Å². The number of ether oxygens (including phenoxy) is 1. The number of carbonyl (C=O) groups is 1. The van der Waals surface area contributed by atoms with Gasteiger partial charge in [-0.15, -0.1) is 0 Å². The van der Waals surface area contributed by atoms with E-state index < -0.39 is 5.54 Å². The molecule has 0 radical (unpaired) electrons. The number of aliphatic hydroxyl groups is 1. The third kappa shape index (κ3) is 2.96. The molecule has 1 saturated carbocycles. The van der Waals surface area contributed by atoms with Crippen molar-refractivity contribution in [1.82, 2.24) is 5.32 Å². The number of nitrogens with one attached hydrogen (secondary N) is 1. The standard InChI is InChI=1S/C15H19NO3/c1-2-10-19-13-7-4-3-6-12(13)14(18)16-15(11-17)8-5-9-15/h2-4,6-7,17H,1,5,8-11H2,(H,16,18). The fraction of sp³-hybridized carbons (Fsp3) is 0.400. The molecular formula is C15H19NO3. The summed E-state index contributed by atoms with van der Waals surface area (Å²) in [6, 6.07) is 7.09. The second-order valence-corrected chi connectivity index (χ2v) is 4.84. The normalized spacial score (nSPS) is 16.3. The van der Waals surface area contributed by atoms with E-state index in [1.807, 2.05) is 6.07 Å². The minimum absolute atomic E-state index is 0.0194. The number of hydrogen-bond donors (Lipinski definition) is 2. The van der Waals surface area contributed by atoms with Crippen LogP contribution in [0.4, 0.5) is 0 Å². The number of aliphatic hydroxyl groups excluding tert-OH is 1. The third-order valence-electron chi connectivity index (χ3n) is 3.48. The fourth-order valence-corrected chi connectivity index (χ4v) is 2.16. The van der Waals surface area contributed by atoms with Gasteiger partial charge in [-0.1, -0.05) is 24.8 Å². The lowest BCUT2D eigenvalue weighted by atomic mass is 9.77. The Balaban J connectivity index is 2.12. The van der Waals surface area contributed by atoms with Crippen LogP contribution in [0.1, 0.15) is 29.6 Å². The smallest absolute Gasteiger partial charge is 0.255 e. The Bertz CT molecular complexity index is 461. The molecule has 0 saturated heterocycles. The number of amides is 1. The minimum atomic E-state index is -0.442. The van der Waals surface area contributed by atoms with Gasteiger partial charge in [-0.3, -0.25) is 4.79 Å². The van der Waals surface area contributed by atoms with Crippen molar-refractivity contribution in [3.63, 3.8) is 0 Å². The maximum Gasteiger partial charge on any atom is 0.255 e. The quantitative estimate of drug-likeness (QED) is 0.769. The van der Waals surface area contributed by atoms with Crippen LogP contribution in [0.2, 0.25) is 0 Å². The Labute approximate surface area is 113 Å². The molecule has 0 aromatic heterocycles. The van der Waals surface area contributed by atoms with Crippen LogP contribution in [0.15, 0.2) is 36.9 Å². The number of hydrogen-bond acceptors (Lipinski definition) is 3. The highest BCUT2D eigenvalue weighted by atomic mass is 16.5. The molecule has 1 aromatic carbocycles. The summed E-state index contributed by atoms with van der Waals surface area (Å²) in [6.07, 6.45) is 4.32. The van der Waals surface area contributed by atoms with Gasteiger partial charge in [-0.25, -0.2) is 0 Å². The van der Waals surface area contributed by atoms with Crippen LogP contribution in [0.5, 0.6) is 5.75 Å². The summed E-state index contributed by atoms with van der Waals surface area (Å²) in [5, 5.41) is 12.3. The van der Waals surface area contributed by atoms with Crippen molar-refractivity contribution in [2.45, 2.75) is 24.8 Å². The highest BCUT2D eigenvalue weighted by Crippen LogP contribution is 2.32.